The lowest BCUT2D eigenvalue weighted by molar-refractivity contribution is -0.113. The van der Waals surface area contributed by atoms with Crippen LogP contribution in [0.25, 0.3) is 6.08 Å². The number of nitrogens with zero attached hydrogens (tertiary/aromatic N) is 2. The van der Waals surface area contributed by atoms with Crippen LogP contribution >= 0.6 is 11.6 Å². The van der Waals surface area contributed by atoms with Gasteiger partial charge in [0.15, 0.2) is 5.78 Å². The summed E-state index contributed by atoms with van der Waals surface area (Å²) in [6.45, 7) is 0. The first kappa shape index (κ1) is 21.6. The summed E-state index contributed by atoms with van der Waals surface area (Å²) < 4.78 is 0. The Hall–Kier alpha value is -4.28. The van der Waals surface area contributed by atoms with Crippen molar-refractivity contribution in [3.63, 3.8) is 0 Å². The minimum Gasteiger partial charge on any atom is -0.289 e. The van der Waals surface area contributed by atoms with E-state index in [1.807, 2.05) is 66.7 Å². The molecule has 0 N–H and O–H groups in total. The molecule has 4 aromatic rings. The number of halogens is 1. The number of ketones is 1. The summed E-state index contributed by atoms with van der Waals surface area (Å²) in [5.41, 5.74) is 3.60. The lowest BCUT2D eigenvalue weighted by Gasteiger charge is -2.19. The summed E-state index contributed by atoms with van der Waals surface area (Å²) in [5.74, 6) is 0.183. The van der Waals surface area contributed by atoms with Crippen molar-refractivity contribution in [2.24, 2.45) is 4.99 Å². The maximum atomic E-state index is 13.5. The quantitative estimate of drug-likeness (QED) is 0.254. The van der Waals surface area contributed by atoms with Crippen LogP contribution in [0.1, 0.15) is 27.0 Å². The molecular formula is C29H19ClN2O2. The number of rotatable bonds is 5. The van der Waals surface area contributed by atoms with E-state index in [9.17, 15) is 9.59 Å². The number of anilines is 1. The summed E-state index contributed by atoms with van der Waals surface area (Å²) >= 11 is 6.30. The van der Waals surface area contributed by atoms with Crippen molar-refractivity contribution in [3.05, 3.63) is 142 Å². The molecule has 4 nitrogen and oxygen atoms in total. The number of amides is 1. The second kappa shape index (κ2) is 9.30. The normalized spacial score (nSPS) is 14.4. The van der Waals surface area contributed by atoms with Crippen molar-refractivity contribution in [2.75, 3.05) is 4.90 Å². The smallest absolute Gasteiger partial charge is 0.282 e. The second-order valence-corrected chi connectivity index (χ2v) is 8.14. The molecule has 0 saturated carbocycles. The first-order valence-electron chi connectivity index (χ1n) is 10.8. The van der Waals surface area contributed by atoms with Crippen molar-refractivity contribution in [1.29, 1.82) is 0 Å². The molecule has 0 saturated heterocycles. The third-order valence-electron chi connectivity index (χ3n) is 5.51. The van der Waals surface area contributed by atoms with Crippen LogP contribution in [0.4, 0.5) is 5.69 Å². The van der Waals surface area contributed by atoms with Gasteiger partial charge in [0.25, 0.3) is 5.91 Å². The zero-order valence-corrected chi connectivity index (χ0v) is 18.8. The van der Waals surface area contributed by atoms with Crippen LogP contribution < -0.4 is 4.90 Å². The van der Waals surface area contributed by atoms with Crippen LogP contribution in [0.3, 0.4) is 0 Å². The van der Waals surface area contributed by atoms with E-state index in [-0.39, 0.29) is 17.4 Å². The number of aliphatic imine (C=N–C) groups is 1. The SMILES string of the molecule is O=C(c1ccccc1)c1ccc(N2C(=O)/C(=C/c3ccccc3Cl)N=C2c2ccccc2)cc1. The molecule has 0 aliphatic carbocycles. The van der Waals surface area contributed by atoms with Gasteiger partial charge in [0, 0.05) is 21.7 Å². The van der Waals surface area contributed by atoms with Gasteiger partial charge in [-0.05, 0) is 42.0 Å². The van der Waals surface area contributed by atoms with Crippen LogP contribution in [0.15, 0.2) is 120 Å². The van der Waals surface area contributed by atoms with Gasteiger partial charge in [-0.1, -0.05) is 90.5 Å². The standard InChI is InChI=1S/C29H19ClN2O2/c30-25-14-8-7-13-23(25)19-26-29(34)32(28(31-26)22-11-5-2-6-12-22)24-17-15-21(16-18-24)27(33)20-9-3-1-4-10-20/h1-19H/b26-19-. The van der Waals surface area contributed by atoms with Gasteiger partial charge in [-0.3, -0.25) is 14.5 Å². The molecule has 1 heterocycles. The molecule has 0 unspecified atom stereocenters. The molecule has 0 atom stereocenters. The highest BCUT2D eigenvalue weighted by Gasteiger charge is 2.32. The van der Waals surface area contributed by atoms with Crippen LogP contribution in [0.5, 0.6) is 0 Å². The van der Waals surface area contributed by atoms with Gasteiger partial charge in [0.2, 0.25) is 0 Å². The Kier molecular flexibility index (Phi) is 5.90. The number of amidine groups is 1. The maximum absolute atomic E-state index is 13.5. The predicted octanol–water partition coefficient (Wildman–Crippen LogP) is 6.41. The Bertz CT molecular complexity index is 1430. The molecule has 0 bridgehead atoms. The molecule has 4 aromatic carbocycles. The fourth-order valence-electron chi connectivity index (χ4n) is 3.79. The number of carbonyl (C=O) groups is 2. The van der Waals surface area contributed by atoms with Crippen LogP contribution in [-0.4, -0.2) is 17.5 Å². The Morgan fingerprint density at radius 3 is 2.00 bits per heavy atom. The monoisotopic (exact) mass is 462 g/mol. The Morgan fingerprint density at radius 1 is 0.735 bits per heavy atom. The van der Waals surface area contributed by atoms with E-state index in [0.717, 1.165) is 5.56 Å². The lowest BCUT2D eigenvalue weighted by Crippen LogP contribution is -2.32. The summed E-state index contributed by atoms with van der Waals surface area (Å²) in [7, 11) is 0. The van der Waals surface area contributed by atoms with Crippen molar-refractivity contribution in [2.45, 2.75) is 0 Å². The van der Waals surface area contributed by atoms with Crippen molar-refractivity contribution in [3.8, 4) is 0 Å². The van der Waals surface area contributed by atoms with Gasteiger partial charge in [-0.15, -0.1) is 0 Å². The van der Waals surface area contributed by atoms with Crippen LogP contribution in [0, 0.1) is 0 Å². The lowest BCUT2D eigenvalue weighted by atomic mass is 10.0. The Labute approximate surface area is 202 Å². The topological polar surface area (TPSA) is 49.7 Å². The second-order valence-electron chi connectivity index (χ2n) is 7.74. The van der Waals surface area contributed by atoms with E-state index >= 15 is 0 Å². The third-order valence-corrected chi connectivity index (χ3v) is 5.86. The molecule has 1 amide bonds. The van der Waals surface area contributed by atoms with E-state index in [1.165, 1.54) is 0 Å². The molecule has 5 rings (SSSR count). The van der Waals surface area contributed by atoms with Crippen molar-refractivity contribution >= 4 is 40.9 Å². The zero-order valence-electron chi connectivity index (χ0n) is 18.1. The third kappa shape index (κ3) is 4.19. The fraction of sp³-hybridized carbons (Fsp3) is 0. The average molecular weight is 463 g/mol. The van der Waals surface area contributed by atoms with Crippen molar-refractivity contribution < 1.29 is 9.59 Å². The molecule has 0 aromatic heterocycles. The van der Waals surface area contributed by atoms with Crippen molar-refractivity contribution in [1.82, 2.24) is 0 Å². The highest BCUT2D eigenvalue weighted by Crippen LogP contribution is 2.29. The van der Waals surface area contributed by atoms with Gasteiger partial charge in [-0.25, -0.2) is 4.99 Å². The molecule has 1 aliphatic heterocycles. The minimum atomic E-state index is -0.263. The van der Waals surface area contributed by atoms with Gasteiger partial charge in [-0.2, -0.15) is 0 Å². The van der Waals surface area contributed by atoms with E-state index in [1.54, 1.807) is 53.4 Å². The Balaban J connectivity index is 1.53. The first-order valence-corrected chi connectivity index (χ1v) is 11.1. The number of benzene rings is 4. The maximum Gasteiger partial charge on any atom is 0.282 e. The number of hydrogen-bond acceptors (Lipinski definition) is 3. The van der Waals surface area contributed by atoms with Gasteiger partial charge < -0.3 is 0 Å². The molecule has 0 spiro atoms. The Morgan fingerprint density at radius 2 is 1.32 bits per heavy atom. The summed E-state index contributed by atoms with van der Waals surface area (Å²) in [5, 5.41) is 0.543. The highest BCUT2D eigenvalue weighted by molar-refractivity contribution is 6.34. The van der Waals surface area contributed by atoms with E-state index in [0.29, 0.717) is 33.2 Å². The van der Waals surface area contributed by atoms with Gasteiger partial charge >= 0.3 is 0 Å². The van der Waals surface area contributed by atoms with Gasteiger partial charge in [0.1, 0.15) is 11.5 Å². The van der Waals surface area contributed by atoms with E-state index in [2.05, 4.69) is 4.99 Å². The summed E-state index contributed by atoms with van der Waals surface area (Å²) in [6, 6.07) is 32.9. The molecular weight excluding hydrogens is 444 g/mol. The molecule has 34 heavy (non-hydrogen) atoms. The number of carbonyl (C=O) groups excluding carboxylic acids is 2. The first-order chi connectivity index (χ1) is 16.6. The molecule has 1 aliphatic rings. The molecule has 164 valence electrons. The molecule has 0 fully saturated rings. The zero-order chi connectivity index (χ0) is 23.5. The molecule has 0 radical (unpaired) electrons. The van der Waals surface area contributed by atoms with E-state index in [4.69, 9.17) is 11.6 Å². The van der Waals surface area contributed by atoms with Gasteiger partial charge in [0.05, 0.1) is 5.69 Å². The largest absolute Gasteiger partial charge is 0.289 e. The fourth-order valence-corrected chi connectivity index (χ4v) is 3.98. The predicted molar refractivity (Wildman–Crippen MR) is 136 cm³/mol. The number of hydrogen-bond donors (Lipinski definition) is 0. The van der Waals surface area contributed by atoms with E-state index < -0.39 is 0 Å². The average Bonchev–Trinajstić information content (AvgIpc) is 3.22. The minimum absolute atomic E-state index is 0.0730. The van der Waals surface area contributed by atoms with Crippen LogP contribution in [-0.2, 0) is 4.79 Å². The highest BCUT2D eigenvalue weighted by atomic mass is 35.5. The summed E-state index contributed by atoms with van der Waals surface area (Å²) in [4.78, 5) is 32.5. The van der Waals surface area contributed by atoms with Crippen LogP contribution in [0.2, 0.25) is 5.02 Å². The molecule has 5 heteroatoms. The summed E-state index contributed by atoms with van der Waals surface area (Å²) in [6.07, 6.45) is 1.70.